The molecule has 3 aromatic rings. The van der Waals surface area contributed by atoms with Gasteiger partial charge in [0.25, 0.3) is 5.91 Å². The first-order chi connectivity index (χ1) is 15.1. The highest BCUT2D eigenvalue weighted by Crippen LogP contribution is 2.17. The predicted molar refractivity (Wildman–Crippen MR) is 117 cm³/mol. The van der Waals surface area contributed by atoms with Gasteiger partial charge >= 0.3 is 5.97 Å². The fourth-order valence-electron chi connectivity index (χ4n) is 2.83. The average Bonchev–Trinajstić information content (AvgIpc) is 2.82. The van der Waals surface area contributed by atoms with Gasteiger partial charge in [-0.1, -0.05) is 65.9 Å². The molecule has 0 fully saturated rings. The van der Waals surface area contributed by atoms with Crippen LogP contribution in [-0.2, 0) is 22.6 Å². The molecule has 158 valence electrons. The number of amides is 1. The minimum absolute atomic E-state index is 0.176. The van der Waals surface area contributed by atoms with Gasteiger partial charge in [0.05, 0.1) is 25.9 Å². The van der Waals surface area contributed by atoms with E-state index in [1.165, 1.54) is 7.11 Å². The lowest BCUT2D eigenvalue weighted by Gasteiger charge is -2.18. The first-order valence-electron chi connectivity index (χ1n) is 9.83. The molecule has 31 heavy (non-hydrogen) atoms. The third kappa shape index (κ3) is 7.08. The number of rotatable bonds is 9. The summed E-state index contributed by atoms with van der Waals surface area (Å²) in [4.78, 5) is 23.2. The molecule has 7 heteroatoms. The van der Waals surface area contributed by atoms with E-state index in [4.69, 9.17) is 0 Å². The Kier molecular flexibility index (Phi) is 7.88. The van der Waals surface area contributed by atoms with Gasteiger partial charge in [0.1, 0.15) is 6.54 Å². The van der Waals surface area contributed by atoms with Crippen LogP contribution in [0.3, 0.4) is 0 Å². The third-order valence-corrected chi connectivity index (χ3v) is 4.45. The smallest absolute Gasteiger partial charge is 0.325 e. The summed E-state index contributed by atoms with van der Waals surface area (Å²) in [6, 6.07) is 26.8. The first kappa shape index (κ1) is 21.7. The maximum atomic E-state index is 12.1. The average molecular weight is 416 g/mol. The quantitative estimate of drug-likeness (QED) is 0.320. The largest absolute Gasteiger partial charge is 0.468 e. The molecule has 0 radical (unpaired) electrons. The highest BCUT2D eigenvalue weighted by Gasteiger charge is 2.08. The number of hydrogen-bond donors (Lipinski definition) is 1. The van der Waals surface area contributed by atoms with Gasteiger partial charge in [0.15, 0.2) is 0 Å². The van der Waals surface area contributed by atoms with Crippen molar-refractivity contribution in [3.63, 3.8) is 0 Å². The van der Waals surface area contributed by atoms with Crippen molar-refractivity contribution in [1.82, 2.24) is 10.3 Å². The number of benzene rings is 3. The van der Waals surface area contributed by atoms with E-state index in [0.717, 1.165) is 11.1 Å². The van der Waals surface area contributed by atoms with E-state index in [1.807, 2.05) is 41.4 Å². The van der Waals surface area contributed by atoms with Gasteiger partial charge in [0, 0.05) is 5.56 Å². The molecule has 1 N–H and O–H groups in total. The van der Waals surface area contributed by atoms with Crippen molar-refractivity contribution in [1.29, 1.82) is 0 Å². The van der Waals surface area contributed by atoms with Crippen LogP contribution >= 0.6 is 0 Å². The summed E-state index contributed by atoms with van der Waals surface area (Å²) in [6.07, 6.45) is 0. The second-order valence-corrected chi connectivity index (χ2v) is 6.79. The topological polar surface area (TPSA) is 83.4 Å². The third-order valence-electron chi connectivity index (χ3n) is 4.45. The van der Waals surface area contributed by atoms with Crippen molar-refractivity contribution in [3.8, 4) is 0 Å². The highest BCUT2D eigenvalue weighted by molar-refractivity contribution is 5.96. The Balaban J connectivity index is 1.67. The molecule has 0 aromatic heterocycles. The molecule has 0 heterocycles. The molecule has 0 aliphatic rings. The molecule has 7 nitrogen and oxygen atoms in total. The molecule has 0 unspecified atom stereocenters. The van der Waals surface area contributed by atoms with Crippen molar-refractivity contribution in [2.75, 3.05) is 13.7 Å². The van der Waals surface area contributed by atoms with E-state index in [2.05, 4.69) is 44.7 Å². The summed E-state index contributed by atoms with van der Waals surface area (Å²) >= 11 is 0. The van der Waals surface area contributed by atoms with Crippen molar-refractivity contribution in [2.45, 2.75) is 13.1 Å². The van der Waals surface area contributed by atoms with Crippen LogP contribution in [0.4, 0.5) is 5.69 Å². The molecule has 0 atom stereocenters. The molecule has 0 aliphatic heterocycles. The van der Waals surface area contributed by atoms with Crippen LogP contribution in [0.15, 0.2) is 95.3 Å². The number of ether oxygens (including phenoxy) is 1. The minimum Gasteiger partial charge on any atom is -0.468 e. The number of nitrogens with zero attached hydrogens (tertiary/aromatic N) is 3. The van der Waals surface area contributed by atoms with Crippen molar-refractivity contribution < 1.29 is 14.3 Å². The fraction of sp³-hybridized carbons (Fsp3) is 0.167. The van der Waals surface area contributed by atoms with Crippen LogP contribution in [-0.4, -0.2) is 30.5 Å². The standard InChI is InChI=1S/C24H24N4O3/c1-31-23(29)16-25-24(30)21-12-14-22(15-13-21)26-27-28(17-19-8-4-2-5-9-19)18-20-10-6-3-7-11-20/h2-15H,16-18H2,1H3,(H,25,30). The van der Waals surface area contributed by atoms with E-state index in [1.54, 1.807) is 24.3 Å². The number of esters is 1. The van der Waals surface area contributed by atoms with E-state index < -0.39 is 5.97 Å². The molecule has 0 aliphatic carbocycles. The summed E-state index contributed by atoms with van der Waals surface area (Å²) < 4.78 is 4.51. The molecule has 0 saturated heterocycles. The van der Waals surface area contributed by atoms with Crippen molar-refractivity contribution >= 4 is 17.6 Å². The lowest BCUT2D eigenvalue weighted by molar-refractivity contribution is -0.139. The molecule has 0 saturated carbocycles. The van der Waals surface area contributed by atoms with Gasteiger partial charge in [-0.2, -0.15) is 0 Å². The predicted octanol–water partition coefficient (Wildman–Crippen LogP) is 4.29. The van der Waals surface area contributed by atoms with Crippen LogP contribution in [0.5, 0.6) is 0 Å². The maximum Gasteiger partial charge on any atom is 0.325 e. The van der Waals surface area contributed by atoms with Gasteiger partial charge in [-0.05, 0) is 35.4 Å². The summed E-state index contributed by atoms with van der Waals surface area (Å²) in [7, 11) is 1.27. The summed E-state index contributed by atoms with van der Waals surface area (Å²) in [5, 5.41) is 13.1. The fourth-order valence-corrected chi connectivity index (χ4v) is 2.83. The van der Waals surface area contributed by atoms with Gasteiger partial charge in [0.2, 0.25) is 0 Å². The maximum absolute atomic E-state index is 12.1. The molecule has 3 aromatic carbocycles. The van der Waals surface area contributed by atoms with Crippen LogP contribution in [0.2, 0.25) is 0 Å². The van der Waals surface area contributed by atoms with E-state index in [0.29, 0.717) is 24.3 Å². The Morgan fingerprint density at radius 2 is 1.39 bits per heavy atom. The van der Waals surface area contributed by atoms with E-state index >= 15 is 0 Å². The Labute approximate surface area is 181 Å². The number of methoxy groups -OCH3 is 1. The van der Waals surface area contributed by atoms with Crippen LogP contribution in [0.25, 0.3) is 0 Å². The first-order valence-corrected chi connectivity index (χ1v) is 9.83. The normalized spacial score (nSPS) is 10.6. The number of hydrogen-bond acceptors (Lipinski definition) is 5. The SMILES string of the molecule is COC(=O)CNC(=O)c1ccc(N=NN(Cc2ccccc2)Cc2ccccc2)cc1. The molecule has 3 rings (SSSR count). The highest BCUT2D eigenvalue weighted by atomic mass is 16.5. The molecular formula is C24H24N4O3. The van der Waals surface area contributed by atoms with E-state index in [-0.39, 0.29) is 12.5 Å². The van der Waals surface area contributed by atoms with Crippen LogP contribution in [0, 0.1) is 0 Å². The zero-order valence-corrected chi connectivity index (χ0v) is 17.3. The number of nitrogens with one attached hydrogen (secondary N) is 1. The molecule has 0 bridgehead atoms. The Hall–Kier alpha value is -4.00. The molecule has 1 amide bonds. The Bertz CT molecular complexity index is 965. The van der Waals surface area contributed by atoms with Crippen molar-refractivity contribution in [2.24, 2.45) is 10.3 Å². The summed E-state index contributed by atoms with van der Waals surface area (Å²) in [6.45, 7) is 1.06. The zero-order valence-electron chi connectivity index (χ0n) is 17.3. The van der Waals surface area contributed by atoms with E-state index in [9.17, 15) is 9.59 Å². The van der Waals surface area contributed by atoms with Gasteiger partial charge in [-0.25, -0.2) is 0 Å². The van der Waals surface area contributed by atoms with Crippen LogP contribution < -0.4 is 5.32 Å². The van der Waals surface area contributed by atoms with Gasteiger partial charge in [-0.15, -0.1) is 5.11 Å². The summed E-state index contributed by atoms with van der Waals surface area (Å²) in [5.74, 6) is -0.862. The second-order valence-electron chi connectivity index (χ2n) is 6.79. The second kappa shape index (κ2) is 11.3. The van der Waals surface area contributed by atoms with Gasteiger partial charge in [-0.3, -0.25) is 14.6 Å². The minimum atomic E-state index is -0.504. The molecular weight excluding hydrogens is 392 g/mol. The Morgan fingerprint density at radius 3 is 1.90 bits per heavy atom. The number of carbonyl (C=O) groups is 2. The lowest BCUT2D eigenvalue weighted by Crippen LogP contribution is -2.29. The van der Waals surface area contributed by atoms with Crippen molar-refractivity contribution in [3.05, 3.63) is 102 Å². The monoisotopic (exact) mass is 416 g/mol. The van der Waals surface area contributed by atoms with Crippen LogP contribution in [0.1, 0.15) is 21.5 Å². The summed E-state index contributed by atoms with van der Waals surface area (Å²) in [5.41, 5.74) is 3.31. The van der Waals surface area contributed by atoms with Gasteiger partial charge < -0.3 is 10.1 Å². The zero-order chi connectivity index (χ0) is 21.9. The molecule has 0 spiro atoms. The lowest BCUT2D eigenvalue weighted by atomic mass is 10.2. The number of carbonyl (C=O) groups excluding carboxylic acids is 2. The Morgan fingerprint density at radius 1 is 0.839 bits per heavy atom.